The first-order valence-corrected chi connectivity index (χ1v) is 10.4. The number of rotatable bonds is 4. The highest BCUT2D eigenvalue weighted by atomic mass is 32.2. The summed E-state index contributed by atoms with van der Waals surface area (Å²) in [6, 6.07) is 12.1. The molecule has 0 atom stereocenters. The maximum Gasteiger partial charge on any atom is 0.264 e. The number of amides is 2. The molecule has 0 saturated carbocycles. The Morgan fingerprint density at radius 3 is 2.14 bits per heavy atom. The SMILES string of the molecule is CC(C)(C)NC(=O)c1ccc(C(=O)NS(=O)(=O)c2cccc3cnccc23)cc1. The average molecular weight is 411 g/mol. The zero-order chi connectivity index (χ0) is 21.2. The number of sulfonamides is 1. The maximum absolute atomic E-state index is 12.7. The van der Waals surface area contributed by atoms with Crippen molar-refractivity contribution in [2.24, 2.45) is 0 Å². The lowest BCUT2D eigenvalue weighted by Gasteiger charge is -2.20. The summed E-state index contributed by atoms with van der Waals surface area (Å²) in [5, 5.41) is 3.94. The number of carbonyl (C=O) groups is 2. The van der Waals surface area contributed by atoms with Gasteiger partial charge in [0.05, 0.1) is 4.90 Å². The second kappa shape index (κ2) is 7.63. The second-order valence-corrected chi connectivity index (χ2v) is 9.22. The quantitative estimate of drug-likeness (QED) is 0.687. The molecule has 2 aromatic carbocycles. The van der Waals surface area contributed by atoms with Crippen LogP contribution in [0.1, 0.15) is 41.5 Å². The van der Waals surface area contributed by atoms with Crippen LogP contribution in [0.4, 0.5) is 0 Å². The molecule has 0 radical (unpaired) electrons. The molecule has 1 aromatic heterocycles. The molecular weight excluding hydrogens is 390 g/mol. The zero-order valence-electron chi connectivity index (χ0n) is 16.3. The second-order valence-electron chi connectivity index (χ2n) is 7.57. The molecule has 0 saturated heterocycles. The van der Waals surface area contributed by atoms with E-state index >= 15 is 0 Å². The van der Waals surface area contributed by atoms with Gasteiger partial charge in [-0.1, -0.05) is 12.1 Å². The van der Waals surface area contributed by atoms with Crippen LogP contribution in [0.25, 0.3) is 10.8 Å². The summed E-state index contributed by atoms with van der Waals surface area (Å²) >= 11 is 0. The van der Waals surface area contributed by atoms with Gasteiger partial charge in [0.2, 0.25) is 0 Å². The third kappa shape index (κ3) is 4.78. The Kier molecular flexibility index (Phi) is 5.39. The number of benzene rings is 2. The molecule has 150 valence electrons. The highest BCUT2D eigenvalue weighted by molar-refractivity contribution is 7.90. The topological polar surface area (TPSA) is 105 Å². The molecule has 0 aliphatic carbocycles. The van der Waals surface area contributed by atoms with E-state index in [4.69, 9.17) is 0 Å². The van der Waals surface area contributed by atoms with Crippen LogP contribution in [0.3, 0.4) is 0 Å². The Bertz CT molecular complexity index is 1180. The molecule has 3 rings (SSSR count). The van der Waals surface area contributed by atoms with Gasteiger partial charge in [-0.3, -0.25) is 14.6 Å². The summed E-state index contributed by atoms with van der Waals surface area (Å²) in [5.41, 5.74) is 0.110. The fourth-order valence-electron chi connectivity index (χ4n) is 2.75. The van der Waals surface area contributed by atoms with Crippen LogP contribution in [0.2, 0.25) is 0 Å². The molecule has 0 spiro atoms. The molecule has 29 heavy (non-hydrogen) atoms. The molecule has 1 heterocycles. The maximum atomic E-state index is 12.7. The van der Waals surface area contributed by atoms with Gasteiger partial charge >= 0.3 is 0 Å². The number of aromatic nitrogens is 1. The number of hydrogen-bond acceptors (Lipinski definition) is 5. The number of pyridine rings is 1. The number of hydrogen-bond donors (Lipinski definition) is 2. The van der Waals surface area contributed by atoms with Gasteiger partial charge in [0.1, 0.15) is 0 Å². The normalized spacial score (nSPS) is 11.8. The van der Waals surface area contributed by atoms with Gasteiger partial charge in [0.25, 0.3) is 21.8 Å². The Balaban J connectivity index is 1.81. The van der Waals surface area contributed by atoms with Gasteiger partial charge in [-0.15, -0.1) is 0 Å². The van der Waals surface area contributed by atoms with E-state index in [0.717, 1.165) is 0 Å². The lowest BCUT2D eigenvalue weighted by atomic mass is 10.1. The summed E-state index contributed by atoms with van der Waals surface area (Å²) < 4.78 is 27.6. The molecule has 0 aliphatic rings. The number of nitrogens with one attached hydrogen (secondary N) is 2. The predicted molar refractivity (Wildman–Crippen MR) is 110 cm³/mol. The van der Waals surface area contributed by atoms with E-state index in [-0.39, 0.29) is 16.4 Å². The third-order valence-corrected chi connectivity index (χ3v) is 5.44. The molecule has 7 nitrogen and oxygen atoms in total. The predicted octanol–water partition coefficient (Wildman–Crippen LogP) is 2.88. The molecule has 0 fully saturated rings. The van der Waals surface area contributed by atoms with Crippen molar-refractivity contribution in [3.05, 3.63) is 72.1 Å². The third-order valence-electron chi connectivity index (χ3n) is 4.06. The number of carbonyl (C=O) groups excluding carboxylic acids is 2. The lowest BCUT2D eigenvalue weighted by molar-refractivity contribution is 0.0917. The minimum Gasteiger partial charge on any atom is -0.347 e. The van der Waals surface area contributed by atoms with Gasteiger partial charge in [0.15, 0.2) is 0 Å². The summed E-state index contributed by atoms with van der Waals surface area (Å²) in [6.07, 6.45) is 3.04. The average Bonchev–Trinajstić information content (AvgIpc) is 2.66. The van der Waals surface area contributed by atoms with Gasteiger partial charge in [0, 0.05) is 39.8 Å². The van der Waals surface area contributed by atoms with Crippen LogP contribution in [0.15, 0.2) is 65.8 Å². The van der Waals surface area contributed by atoms with E-state index in [9.17, 15) is 18.0 Å². The van der Waals surface area contributed by atoms with Crippen LogP contribution in [-0.2, 0) is 10.0 Å². The fourth-order valence-corrected chi connectivity index (χ4v) is 3.95. The minimum absolute atomic E-state index is 0.00748. The van der Waals surface area contributed by atoms with E-state index < -0.39 is 21.5 Å². The first-order valence-electron chi connectivity index (χ1n) is 8.89. The Morgan fingerprint density at radius 1 is 0.897 bits per heavy atom. The minimum atomic E-state index is -4.09. The van der Waals surface area contributed by atoms with Crippen molar-refractivity contribution in [2.45, 2.75) is 31.2 Å². The molecule has 0 unspecified atom stereocenters. The highest BCUT2D eigenvalue weighted by Gasteiger charge is 2.21. The molecular formula is C21H21N3O4S. The lowest BCUT2D eigenvalue weighted by Crippen LogP contribution is -2.40. The number of fused-ring (bicyclic) bond motifs is 1. The summed E-state index contributed by atoms with van der Waals surface area (Å²) in [6.45, 7) is 5.59. The van der Waals surface area contributed by atoms with Crippen molar-refractivity contribution in [1.82, 2.24) is 15.0 Å². The van der Waals surface area contributed by atoms with Crippen LogP contribution >= 0.6 is 0 Å². The van der Waals surface area contributed by atoms with Crippen LogP contribution in [0, 0.1) is 0 Å². The molecule has 2 N–H and O–H groups in total. The van der Waals surface area contributed by atoms with Crippen molar-refractivity contribution in [3.8, 4) is 0 Å². The van der Waals surface area contributed by atoms with Gasteiger partial charge in [-0.2, -0.15) is 0 Å². The van der Waals surface area contributed by atoms with Crippen molar-refractivity contribution < 1.29 is 18.0 Å². The largest absolute Gasteiger partial charge is 0.347 e. The molecule has 3 aromatic rings. The van der Waals surface area contributed by atoms with Crippen LogP contribution < -0.4 is 10.0 Å². The summed E-state index contributed by atoms with van der Waals surface area (Å²) in [7, 11) is -4.09. The first-order chi connectivity index (χ1) is 13.6. The fraction of sp³-hybridized carbons (Fsp3) is 0.190. The molecule has 2 amide bonds. The van der Waals surface area contributed by atoms with E-state index in [1.54, 1.807) is 24.4 Å². The van der Waals surface area contributed by atoms with Crippen molar-refractivity contribution in [2.75, 3.05) is 0 Å². The monoisotopic (exact) mass is 411 g/mol. The molecule has 0 bridgehead atoms. The Hall–Kier alpha value is -3.26. The van der Waals surface area contributed by atoms with Crippen molar-refractivity contribution in [1.29, 1.82) is 0 Å². The van der Waals surface area contributed by atoms with E-state index in [1.165, 1.54) is 36.5 Å². The van der Waals surface area contributed by atoms with E-state index in [2.05, 4.69) is 15.0 Å². The standard InChI is InChI=1S/C21H21N3O4S/c1-21(2,3)23-19(25)14-7-9-15(10-8-14)20(26)24-29(27,28)18-6-4-5-16-13-22-12-11-17(16)18/h4-13H,1-3H3,(H,23,25)(H,24,26). The highest BCUT2D eigenvalue weighted by Crippen LogP contribution is 2.22. The summed E-state index contributed by atoms with van der Waals surface area (Å²) in [4.78, 5) is 28.6. The first kappa shape index (κ1) is 20.5. The number of nitrogens with zero attached hydrogens (tertiary/aromatic N) is 1. The van der Waals surface area contributed by atoms with Gasteiger partial charge in [-0.25, -0.2) is 13.1 Å². The Morgan fingerprint density at radius 2 is 1.52 bits per heavy atom. The van der Waals surface area contributed by atoms with Crippen LogP contribution in [-0.4, -0.2) is 30.8 Å². The van der Waals surface area contributed by atoms with Crippen molar-refractivity contribution >= 4 is 32.6 Å². The smallest absolute Gasteiger partial charge is 0.264 e. The van der Waals surface area contributed by atoms with Gasteiger partial charge < -0.3 is 5.32 Å². The van der Waals surface area contributed by atoms with Crippen LogP contribution in [0.5, 0.6) is 0 Å². The van der Waals surface area contributed by atoms with Crippen molar-refractivity contribution in [3.63, 3.8) is 0 Å². The Labute approximate surface area is 169 Å². The summed E-state index contributed by atoms with van der Waals surface area (Å²) in [5.74, 6) is -1.06. The zero-order valence-corrected chi connectivity index (χ0v) is 17.1. The molecule has 8 heteroatoms. The van der Waals surface area contributed by atoms with E-state index in [0.29, 0.717) is 16.3 Å². The van der Waals surface area contributed by atoms with Gasteiger partial charge in [-0.05, 0) is 57.2 Å². The molecule has 0 aliphatic heterocycles. The van der Waals surface area contributed by atoms with E-state index in [1.807, 2.05) is 20.8 Å².